The van der Waals surface area contributed by atoms with Gasteiger partial charge in [-0.2, -0.15) is 5.11 Å². The molecule has 4 rings (SSSR count). The summed E-state index contributed by atoms with van der Waals surface area (Å²) >= 11 is 0. The van der Waals surface area contributed by atoms with Gasteiger partial charge in [0.25, 0.3) is 11.4 Å². The Kier molecular flexibility index (Phi) is 9.34. The predicted molar refractivity (Wildman–Crippen MR) is 159 cm³/mol. The molecule has 0 aromatic heterocycles. The van der Waals surface area contributed by atoms with Gasteiger partial charge in [0.15, 0.2) is 0 Å². The van der Waals surface area contributed by atoms with Gasteiger partial charge >= 0.3 is 0 Å². The fraction of sp³-hybridized carbons (Fsp3) is 0. The van der Waals surface area contributed by atoms with Crippen LogP contribution < -0.4 is 10.6 Å². The van der Waals surface area contributed by atoms with E-state index in [1.807, 2.05) is 6.07 Å². The molecule has 4 aromatic carbocycles. The zero-order chi connectivity index (χ0) is 29.9. The topological polar surface area (TPSA) is 169 Å². The highest BCUT2D eigenvalue weighted by atomic mass is 16.6. The maximum Gasteiger partial charge on any atom is 0.270 e. The molecule has 0 spiro atoms. The van der Waals surface area contributed by atoms with Gasteiger partial charge in [-0.15, -0.1) is 5.11 Å². The molecule has 208 valence electrons. The van der Waals surface area contributed by atoms with E-state index in [1.54, 1.807) is 48.5 Å². The summed E-state index contributed by atoms with van der Waals surface area (Å²) in [5.74, 6) is -1.06. The van der Waals surface area contributed by atoms with E-state index in [1.165, 1.54) is 66.8 Å². The van der Waals surface area contributed by atoms with E-state index in [0.717, 1.165) is 0 Å². The number of azo groups is 1. The summed E-state index contributed by atoms with van der Waals surface area (Å²) < 4.78 is 0. The fourth-order valence-electron chi connectivity index (χ4n) is 3.59. The third kappa shape index (κ3) is 8.35. The van der Waals surface area contributed by atoms with Crippen LogP contribution in [0.5, 0.6) is 0 Å². The van der Waals surface area contributed by atoms with Crippen LogP contribution in [0.25, 0.3) is 12.2 Å². The quantitative estimate of drug-likeness (QED) is 0.0894. The molecule has 0 saturated carbocycles. The van der Waals surface area contributed by atoms with Crippen molar-refractivity contribution in [2.24, 2.45) is 10.2 Å². The number of carbonyl (C=O) groups is 2. The van der Waals surface area contributed by atoms with Crippen LogP contribution in [0.3, 0.4) is 0 Å². The summed E-state index contributed by atoms with van der Waals surface area (Å²) in [7, 11) is 0. The first-order valence-corrected chi connectivity index (χ1v) is 12.3. The molecule has 12 nitrogen and oxygen atoms in total. The van der Waals surface area contributed by atoms with E-state index < -0.39 is 21.7 Å². The Hall–Kier alpha value is -6.30. The number of nitrogens with zero attached hydrogens (tertiary/aromatic N) is 4. The second kappa shape index (κ2) is 13.7. The Bertz CT molecular complexity index is 1730. The molecular weight excluding hydrogens is 540 g/mol. The molecule has 12 heteroatoms. The van der Waals surface area contributed by atoms with E-state index in [9.17, 15) is 29.8 Å². The number of anilines is 2. The number of carbonyl (C=O) groups excluding carboxylic acids is 2. The summed E-state index contributed by atoms with van der Waals surface area (Å²) in [6.07, 6.45) is 5.30. The lowest BCUT2D eigenvalue weighted by molar-refractivity contribution is -0.385. The molecule has 42 heavy (non-hydrogen) atoms. The number of non-ortho nitro benzene ring substituents is 2. The van der Waals surface area contributed by atoms with Gasteiger partial charge < -0.3 is 10.6 Å². The van der Waals surface area contributed by atoms with Gasteiger partial charge in [0.05, 0.1) is 21.2 Å². The predicted octanol–water partition coefficient (Wildman–Crippen LogP) is 7.22. The van der Waals surface area contributed by atoms with Crippen LogP contribution in [0.1, 0.15) is 11.1 Å². The molecule has 2 amide bonds. The van der Waals surface area contributed by atoms with Gasteiger partial charge in [-0.25, -0.2) is 0 Å². The molecule has 0 atom stereocenters. The molecule has 0 fully saturated rings. The molecule has 0 aliphatic heterocycles. The van der Waals surface area contributed by atoms with E-state index in [2.05, 4.69) is 20.9 Å². The number of hydrogen-bond acceptors (Lipinski definition) is 8. The van der Waals surface area contributed by atoms with Crippen molar-refractivity contribution in [1.82, 2.24) is 0 Å². The Balaban J connectivity index is 1.53. The van der Waals surface area contributed by atoms with Crippen molar-refractivity contribution in [3.8, 4) is 0 Å². The van der Waals surface area contributed by atoms with Crippen LogP contribution in [0, 0.1) is 20.2 Å². The van der Waals surface area contributed by atoms with Crippen molar-refractivity contribution in [3.05, 3.63) is 141 Å². The molecule has 0 heterocycles. The molecule has 2 N–H and O–H groups in total. The number of nitro groups is 2. The van der Waals surface area contributed by atoms with E-state index in [-0.39, 0.29) is 17.1 Å². The van der Waals surface area contributed by atoms with Crippen LogP contribution in [-0.4, -0.2) is 21.7 Å². The number of hydrogen-bond donors (Lipinski definition) is 2. The third-order valence-electron chi connectivity index (χ3n) is 5.57. The molecule has 4 aromatic rings. The van der Waals surface area contributed by atoms with Gasteiger partial charge in [0.1, 0.15) is 5.69 Å². The highest BCUT2D eigenvalue weighted by Crippen LogP contribution is 2.30. The van der Waals surface area contributed by atoms with Gasteiger partial charge in [0, 0.05) is 42.1 Å². The third-order valence-corrected chi connectivity index (χ3v) is 5.57. The van der Waals surface area contributed by atoms with Crippen molar-refractivity contribution in [2.75, 3.05) is 10.6 Å². The zero-order valence-electron chi connectivity index (χ0n) is 21.8. The lowest BCUT2D eigenvalue weighted by Crippen LogP contribution is -2.10. The highest BCUT2D eigenvalue weighted by molar-refractivity contribution is 6.05. The lowest BCUT2D eigenvalue weighted by atomic mass is 10.2. The molecule has 0 radical (unpaired) electrons. The molecule has 0 bridgehead atoms. The maximum atomic E-state index is 12.7. The normalized spacial score (nSPS) is 11.1. The van der Waals surface area contributed by atoms with Crippen molar-refractivity contribution in [2.45, 2.75) is 0 Å². The van der Waals surface area contributed by atoms with Crippen LogP contribution in [0.2, 0.25) is 0 Å². The second-order valence-corrected chi connectivity index (χ2v) is 8.62. The largest absolute Gasteiger partial charge is 0.322 e. The molecule has 0 saturated heterocycles. The Labute approximate surface area is 239 Å². The Morgan fingerprint density at radius 1 is 0.643 bits per heavy atom. The first-order chi connectivity index (χ1) is 20.3. The maximum absolute atomic E-state index is 12.7. The summed E-state index contributed by atoms with van der Waals surface area (Å²) in [6, 6.07) is 25.2. The van der Waals surface area contributed by atoms with Crippen molar-refractivity contribution in [3.63, 3.8) is 0 Å². The lowest BCUT2D eigenvalue weighted by Gasteiger charge is -2.09. The standard InChI is InChI=1S/C30H22N6O6/c37-29(16-12-21-6-4-10-25(18-21)35(39)40)31-24-14-15-27(34-33-23-8-2-1-3-9-23)28(20-24)32-30(38)17-13-22-7-5-11-26(19-22)36(41)42/h1-20H,(H,31,37)(H,32,38)/b16-12+,17-13+,34-33?. The van der Waals surface area contributed by atoms with E-state index in [0.29, 0.717) is 28.2 Å². The minimum atomic E-state index is -0.549. The minimum absolute atomic E-state index is 0.0993. The minimum Gasteiger partial charge on any atom is -0.322 e. The van der Waals surface area contributed by atoms with E-state index in [4.69, 9.17) is 0 Å². The van der Waals surface area contributed by atoms with E-state index >= 15 is 0 Å². The molecule has 0 aliphatic carbocycles. The zero-order valence-corrected chi connectivity index (χ0v) is 21.8. The number of rotatable bonds is 10. The average molecular weight is 563 g/mol. The number of benzene rings is 4. The van der Waals surface area contributed by atoms with Gasteiger partial charge in [-0.1, -0.05) is 42.5 Å². The van der Waals surface area contributed by atoms with Crippen molar-refractivity contribution in [1.29, 1.82) is 0 Å². The first-order valence-electron chi connectivity index (χ1n) is 12.3. The summed E-state index contributed by atoms with van der Waals surface area (Å²) in [5, 5.41) is 35.8. The summed E-state index contributed by atoms with van der Waals surface area (Å²) in [5.41, 5.74) is 2.19. The Morgan fingerprint density at radius 3 is 1.79 bits per heavy atom. The van der Waals surface area contributed by atoms with Crippen LogP contribution in [0.4, 0.5) is 34.1 Å². The van der Waals surface area contributed by atoms with Gasteiger partial charge in [-0.3, -0.25) is 29.8 Å². The van der Waals surface area contributed by atoms with Gasteiger partial charge in [-0.05, 0) is 53.6 Å². The highest BCUT2D eigenvalue weighted by Gasteiger charge is 2.10. The second-order valence-electron chi connectivity index (χ2n) is 8.62. The van der Waals surface area contributed by atoms with Crippen LogP contribution in [0.15, 0.2) is 119 Å². The molecule has 0 unspecified atom stereocenters. The molecule has 0 aliphatic rings. The number of amides is 2. The van der Waals surface area contributed by atoms with Crippen molar-refractivity contribution >= 4 is 58.1 Å². The summed E-state index contributed by atoms with van der Waals surface area (Å²) in [6.45, 7) is 0. The summed E-state index contributed by atoms with van der Waals surface area (Å²) in [4.78, 5) is 46.2. The van der Waals surface area contributed by atoms with Crippen LogP contribution >= 0.6 is 0 Å². The number of nitro benzene ring substituents is 2. The monoisotopic (exact) mass is 562 g/mol. The van der Waals surface area contributed by atoms with Gasteiger partial charge in [0.2, 0.25) is 11.8 Å². The Morgan fingerprint density at radius 2 is 1.21 bits per heavy atom. The fourth-order valence-corrected chi connectivity index (χ4v) is 3.59. The number of nitrogens with one attached hydrogen (secondary N) is 2. The SMILES string of the molecule is O=C(/C=C/c1cccc([N+](=O)[O-])c1)Nc1ccc(N=Nc2ccccc2)c(NC(=O)/C=C/c2cccc([N+](=O)[O-])c2)c1. The van der Waals surface area contributed by atoms with Crippen molar-refractivity contribution < 1.29 is 19.4 Å². The average Bonchev–Trinajstić information content (AvgIpc) is 2.99. The van der Waals surface area contributed by atoms with Crippen LogP contribution in [-0.2, 0) is 9.59 Å². The molecular formula is C30H22N6O6. The first kappa shape index (κ1) is 28.7. The smallest absolute Gasteiger partial charge is 0.270 e.